The summed E-state index contributed by atoms with van der Waals surface area (Å²) in [5.41, 5.74) is 0.566. The fourth-order valence-corrected chi connectivity index (χ4v) is 2.72. The van der Waals surface area contributed by atoms with Crippen LogP contribution in [0.1, 0.15) is 18.9 Å². The average molecular weight is 331 g/mol. The first kappa shape index (κ1) is 18.2. The molecule has 1 amide bonds. The molecule has 24 heavy (non-hydrogen) atoms. The molecule has 1 fully saturated rings. The van der Waals surface area contributed by atoms with Gasteiger partial charge in [-0.3, -0.25) is 9.69 Å². The number of carbonyl (C=O) groups excluding carboxylic acids is 1. The molecule has 1 saturated heterocycles. The Kier molecular flexibility index (Phi) is 6.97. The zero-order valence-electron chi connectivity index (χ0n) is 14.4. The second-order valence-corrected chi connectivity index (χ2v) is 5.85. The van der Waals surface area contributed by atoms with E-state index in [0.717, 1.165) is 38.4 Å². The van der Waals surface area contributed by atoms with Crippen molar-refractivity contribution in [2.24, 2.45) is 0 Å². The van der Waals surface area contributed by atoms with Crippen molar-refractivity contribution in [1.29, 1.82) is 5.26 Å². The number of anilines is 1. The van der Waals surface area contributed by atoms with Gasteiger partial charge in [0.25, 0.3) is 0 Å². The van der Waals surface area contributed by atoms with Crippen molar-refractivity contribution >= 4 is 11.7 Å². The van der Waals surface area contributed by atoms with Crippen LogP contribution in [0.2, 0.25) is 0 Å². The van der Waals surface area contributed by atoms with E-state index < -0.39 is 0 Å². The van der Waals surface area contributed by atoms with Crippen molar-refractivity contribution in [2.75, 3.05) is 51.3 Å². The van der Waals surface area contributed by atoms with Crippen LogP contribution in [-0.2, 0) is 9.53 Å². The van der Waals surface area contributed by atoms with Crippen molar-refractivity contribution in [2.45, 2.75) is 19.4 Å². The minimum atomic E-state index is -0.136. The number of amides is 1. The number of carbonyl (C=O) groups is 1. The van der Waals surface area contributed by atoms with E-state index in [2.05, 4.69) is 26.2 Å². The first-order valence-corrected chi connectivity index (χ1v) is 8.27. The third-order valence-corrected chi connectivity index (χ3v) is 4.27. The first-order valence-electron chi connectivity index (χ1n) is 8.27. The Balaban J connectivity index is 1.78. The molecule has 130 valence electrons. The van der Waals surface area contributed by atoms with E-state index in [0.29, 0.717) is 18.7 Å². The Bertz CT molecular complexity index is 561. The Labute approximate surface area is 143 Å². The SMILES string of the molecule is COCCCNC(=O)C(C)N1CCN(c2ccc(C#N)cn2)CC1. The maximum atomic E-state index is 12.2. The zero-order chi connectivity index (χ0) is 17.4. The molecule has 1 unspecified atom stereocenters. The van der Waals surface area contributed by atoms with Gasteiger partial charge in [0, 0.05) is 52.6 Å². The third-order valence-electron chi connectivity index (χ3n) is 4.27. The van der Waals surface area contributed by atoms with Crippen LogP contribution in [0.5, 0.6) is 0 Å². The van der Waals surface area contributed by atoms with E-state index in [1.165, 1.54) is 0 Å². The summed E-state index contributed by atoms with van der Waals surface area (Å²) < 4.78 is 4.98. The lowest BCUT2D eigenvalue weighted by Crippen LogP contribution is -2.54. The number of hydrogen-bond donors (Lipinski definition) is 1. The van der Waals surface area contributed by atoms with Gasteiger partial charge in [-0.2, -0.15) is 5.26 Å². The molecule has 7 heteroatoms. The molecule has 1 aliphatic heterocycles. The van der Waals surface area contributed by atoms with Gasteiger partial charge < -0.3 is 15.0 Å². The van der Waals surface area contributed by atoms with Gasteiger partial charge in [0.2, 0.25) is 5.91 Å². The minimum absolute atomic E-state index is 0.0658. The number of pyridine rings is 1. The summed E-state index contributed by atoms with van der Waals surface area (Å²) in [6, 6.07) is 5.60. The summed E-state index contributed by atoms with van der Waals surface area (Å²) >= 11 is 0. The molecular weight excluding hydrogens is 306 g/mol. The maximum Gasteiger partial charge on any atom is 0.237 e. The Morgan fingerprint density at radius 1 is 1.42 bits per heavy atom. The molecular formula is C17H25N5O2. The van der Waals surface area contributed by atoms with Crippen molar-refractivity contribution < 1.29 is 9.53 Å². The van der Waals surface area contributed by atoms with Gasteiger partial charge in [-0.15, -0.1) is 0 Å². The molecule has 1 aromatic rings. The maximum absolute atomic E-state index is 12.2. The molecule has 1 aromatic heterocycles. The topological polar surface area (TPSA) is 81.5 Å². The summed E-state index contributed by atoms with van der Waals surface area (Å²) in [5.74, 6) is 0.946. The first-order chi connectivity index (χ1) is 11.7. The number of rotatable bonds is 7. The molecule has 0 aromatic carbocycles. The molecule has 2 rings (SSSR count). The molecule has 0 radical (unpaired) electrons. The van der Waals surface area contributed by atoms with E-state index in [9.17, 15) is 4.79 Å². The summed E-state index contributed by atoms with van der Waals surface area (Å²) in [5, 5.41) is 11.8. The lowest BCUT2D eigenvalue weighted by Gasteiger charge is -2.38. The van der Waals surface area contributed by atoms with Crippen LogP contribution in [-0.4, -0.2) is 68.3 Å². The number of nitrogens with one attached hydrogen (secondary N) is 1. The Hall–Kier alpha value is -2.17. The van der Waals surface area contributed by atoms with Gasteiger partial charge in [-0.25, -0.2) is 4.98 Å². The molecule has 0 aliphatic carbocycles. The van der Waals surface area contributed by atoms with E-state index >= 15 is 0 Å². The van der Waals surface area contributed by atoms with E-state index in [1.54, 1.807) is 19.4 Å². The van der Waals surface area contributed by atoms with Gasteiger partial charge in [0.1, 0.15) is 11.9 Å². The molecule has 2 heterocycles. The van der Waals surface area contributed by atoms with E-state index in [1.807, 2.05) is 13.0 Å². The van der Waals surface area contributed by atoms with Crippen molar-refractivity contribution in [3.63, 3.8) is 0 Å². The quantitative estimate of drug-likeness (QED) is 0.738. The number of nitriles is 1. The number of hydrogen-bond acceptors (Lipinski definition) is 6. The summed E-state index contributed by atoms with van der Waals surface area (Å²) in [6.07, 6.45) is 2.42. The highest BCUT2D eigenvalue weighted by Gasteiger charge is 2.25. The Morgan fingerprint density at radius 3 is 2.75 bits per heavy atom. The van der Waals surface area contributed by atoms with Gasteiger partial charge in [-0.1, -0.05) is 0 Å². The molecule has 7 nitrogen and oxygen atoms in total. The molecule has 1 aliphatic rings. The van der Waals surface area contributed by atoms with Crippen LogP contribution in [0.3, 0.4) is 0 Å². The standard InChI is InChI=1S/C17H25N5O2/c1-14(17(23)19-6-3-11-24-2)21-7-9-22(10-8-21)16-5-4-15(12-18)13-20-16/h4-5,13-14H,3,6-11H2,1-2H3,(H,19,23). The van der Waals surface area contributed by atoms with Crippen LogP contribution in [0.4, 0.5) is 5.82 Å². The Morgan fingerprint density at radius 2 is 2.17 bits per heavy atom. The fraction of sp³-hybridized carbons (Fsp3) is 0.588. The van der Waals surface area contributed by atoms with Gasteiger partial charge in [0.15, 0.2) is 0 Å². The number of ether oxygens (including phenoxy) is 1. The highest BCUT2D eigenvalue weighted by Crippen LogP contribution is 2.15. The average Bonchev–Trinajstić information content (AvgIpc) is 2.64. The number of nitrogens with zero attached hydrogens (tertiary/aromatic N) is 4. The van der Waals surface area contributed by atoms with Gasteiger partial charge >= 0.3 is 0 Å². The number of methoxy groups -OCH3 is 1. The van der Waals surface area contributed by atoms with Crippen LogP contribution in [0.15, 0.2) is 18.3 Å². The zero-order valence-corrected chi connectivity index (χ0v) is 14.4. The van der Waals surface area contributed by atoms with Crippen LogP contribution >= 0.6 is 0 Å². The lowest BCUT2D eigenvalue weighted by molar-refractivity contribution is -0.126. The predicted molar refractivity (Wildman–Crippen MR) is 91.7 cm³/mol. The van der Waals surface area contributed by atoms with Crippen LogP contribution in [0.25, 0.3) is 0 Å². The van der Waals surface area contributed by atoms with Gasteiger partial charge in [-0.05, 0) is 25.5 Å². The number of aromatic nitrogens is 1. The normalized spacial score (nSPS) is 16.5. The van der Waals surface area contributed by atoms with E-state index in [-0.39, 0.29) is 11.9 Å². The van der Waals surface area contributed by atoms with Crippen LogP contribution < -0.4 is 10.2 Å². The number of piperazine rings is 1. The summed E-state index contributed by atoms with van der Waals surface area (Å²) in [6.45, 7) is 6.52. The third kappa shape index (κ3) is 4.91. The highest BCUT2D eigenvalue weighted by atomic mass is 16.5. The second kappa shape index (κ2) is 9.21. The predicted octanol–water partition coefficient (Wildman–Crippen LogP) is 0.616. The molecule has 0 saturated carbocycles. The van der Waals surface area contributed by atoms with Crippen molar-refractivity contribution in [3.8, 4) is 6.07 Å². The molecule has 1 N–H and O–H groups in total. The minimum Gasteiger partial charge on any atom is -0.385 e. The van der Waals surface area contributed by atoms with E-state index in [4.69, 9.17) is 10.00 Å². The summed E-state index contributed by atoms with van der Waals surface area (Å²) in [7, 11) is 1.66. The highest BCUT2D eigenvalue weighted by molar-refractivity contribution is 5.81. The van der Waals surface area contributed by atoms with Crippen molar-refractivity contribution in [1.82, 2.24) is 15.2 Å². The van der Waals surface area contributed by atoms with Gasteiger partial charge in [0.05, 0.1) is 11.6 Å². The van der Waals surface area contributed by atoms with Crippen molar-refractivity contribution in [3.05, 3.63) is 23.9 Å². The van der Waals surface area contributed by atoms with Crippen LogP contribution in [0, 0.1) is 11.3 Å². The monoisotopic (exact) mass is 331 g/mol. The molecule has 0 spiro atoms. The molecule has 1 atom stereocenters. The lowest BCUT2D eigenvalue weighted by atomic mass is 10.2. The smallest absolute Gasteiger partial charge is 0.237 e. The fourth-order valence-electron chi connectivity index (χ4n) is 2.72. The summed E-state index contributed by atoms with van der Waals surface area (Å²) in [4.78, 5) is 20.9. The largest absolute Gasteiger partial charge is 0.385 e. The second-order valence-electron chi connectivity index (χ2n) is 5.85. The molecule has 0 bridgehead atoms.